The summed E-state index contributed by atoms with van der Waals surface area (Å²) in [4.78, 5) is 30.5. The topological polar surface area (TPSA) is 83.0 Å². The highest BCUT2D eigenvalue weighted by Crippen LogP contribution is 2.29. The van der Waals surface area contributed by atoms with Gasteiger partial charge in [0.2, 0.25) is 0 Å². The number of hydrogen-bond acceptors (Lipinski definition) is 5. The third kappa shape index (κ3) is 7.71. The summed E-state index contributed by atoms with van der Waals surface area (Å²) < 4.78 is 37.5. The van der Waals surface area contributed by atoms with Crippen LogP contribution in [-0.4, -0.2) is 70.2 Å². The van der Waals surface area contributed by atoms with Crippen LogP contribution in [0.15, 0.2) is 36.5 Å². The average molecular weight is 534 g/mol. The minimum absolute atomic E-state index is 0.0171. The number of rotatable bonds is 4. The fourth-order valence-corrected chi connectivity index (χ4v) is 3.95. The maximum absolute atomic E-state index is 12.8. The lowest BCUT2D eigenvalue weighted by molar-refractivity contribution is -0.192. The summed E-state index contributed by atoms with van der Waals surface area (Å²) in [5.41, 5.74) is 0.443. The predicted molar refractivity (Wildman–Crippen MR) is 124 cm³/mol. The Morgan fingerprint density at radius 1 is 0.971 bits per heavy atom. The summed E-state index contributed by atoms with van der Waals surface area (Å²) in [7, 11) is 0. The number of amides is 1. The van der Waals surface area contributed by atoms with Crippen molar-refractivity contribution in [2.45, 2.75) is 37.9 Å². The first-order valence-corrected chi connectivity index (χ1v) is 11.7. The molecule has 1 saturated heterocycles. The molecule has 1 aromatic carbocycles. The summed E-state index contributed by atoms with van der Waals surface area (Å²) >= 11 is 11.9. The van der Waals surface area contributed by atoms with E-state index < -0.39 is 12.1 Å². The number of alkyl halides is 3. The van der Waals surface area contributed by atoms with Crippen molar-refractivity contribution in [3.63, 3.8) is 0 Å². The summed E-state index contributed by atoms with van der Waals surface area (Å²) in [6, 6.07) is 9.25. The molecule has 35 heavy (non-hydrogen) atoms. The van der Waals surface area contributed by atoms with E-state index in [2.05, 4.69) is 9.88 Å². The zero-order chi connectivity index (χ0) is 25.6. The molecule has 1 saturated carbocycles. The van der Waals surface area contributed by atoms with E-state index in [0.717, 1.165) is 38.6 Å². The summed E-state index contributed by atoms with van der Waals surface area (Å²) in [6.45, 7) is 3.58. The molecule has 1 aliphatic heterocycles. The van der Waals surface area contributed by atoms with E-state index in [1.54, 1.807) is 36.5 Å². The van der Waals surface area contributed by atoms with Gasteiger partial charge in [0, 0.05) is 38.3 Å². The van der Waals surface area contributed by atoms with E-state index in [4.69, 9.17) is 37.8 Å². The number of carboxylic acids is 1. The van der Waals surface area contributed by atoms with Gasteiger partial charge in [0.05, 0.1) is 16.2 Å². The van der Waals surface area contributed by atoms with Crippen LogP contribution in [0.1, 0.15) is 36.2 Å². The molecule has 12 heteroatoms. The van der Waals surface area contributed by atoms with E-state index in [0.29, 0.717) is 27.2 Å². The van der Waals surface area contributed by atoms with Gasteiger partial charge < -0.3 is 14.7 Å². The van der Waals surface area contributed by atoms with Crippen molar-refractivity contribution < 1.29 is 32.6 Å². The van der Waals surface area contributed by atoms with E-state index in [1.807, 2.05) is 4.90 Å². The second kappa shape index (κ2) is 11.9. The summed E-state index contributed by atoms with van der Waals surface area (Å²) in [6.07, 6.45) is 1.44. The van der Waals surface area contributed by atoms with Crippen molar-refractivity contribution in [2.75, 3.05) is 26.2 Å². The van der Waals surface area contributed by atoms with Gasteiger partial charge in [-0.1, -0.05) is 29.6 Å². The Morgan fingerprint density at radius 2 is 1.66 bits per heavy atom. The van der Waals surface area contributed by atoms with Gasteiger partial charge in [-0.25, -0.2) is 9.78 Å². The number of carbonyl (C=O) groups excluding carboxylic acids is 1. The number of nitrogens with zero attached hydrogens (tertiary/aromatic N) is 3. The number of pyridine rings is 1. The lowest BCUT2D eigenvalue weighted by atomic mass is 9.91. The van der Waals surface area contributed by atoms with Crippen molar-refractivity contribution in [1.82, 2.24) is 14.8 Å². The van der Waals surface area contributed by atoms with Crippen LogP contribution in [0.2, 0.25) is 10.0 Å². The second-order valence-electron chi connectivity index (χ2n) is 8.13. The Balaban J connectivity index is 0.000000429. The van der Waals surface area contributed by atoms with E-state index >= 15 is 0 Å². The zero-order valence-corrected chi connectivity index (χ0v) is 20.1. The molecule has 7 nitrogen and oxygen atoms in total. The first-order valence-electron chi connectivity index (χ1n) is 11.0. The quantitative estimate of drug-likeness (QED) is 0.557. The number of aliphatic carboxylic acids is 1. The van der Waals surface area contributed by atoms with Gasteiger partial charge in [-0.3, -0.25) is 9.69 Å². The molecule has 2 heterocycles. The van der Waals surface area contributed by atoms with Crippen molar-refractivity contribution in [2.24, 2.45) is 0 Å². The smallest absolute Gasteiger partial charge is 0.475 e. The largest absolute Gasteiger partial charge is 0.490 e. The predicted octanol–water partition coefficient (Wildman–Crippen LogP) is 5.51. The number of halogens is 5. The standard InChI is InChI=1S/C21H23Cl2N3O2.C2HF3O2/c22-18-7-5-16(13-19(18)23)28-17-6-8-20(24-14-17)21(27)26-10-2-9-25(11-12-26)15-3-1-4-15;3-2(4,5)1(6)7/h5-8,13-15H,1-4,9-12H2;(H,6,7). The number of benzene rings is 1. The fourth-order valence-electron chi connectivity index (χ4n) is 3.66. The molecular formula is C23H24Cl2F3N3O4. The van der Waals surface area contributed by atoms with Crippen molar-refractivity contribution in [3.05, 3.63) is 52.3 Å². The molecule has 0 atom stereocenters. The molecule has 2 fully saturated rings. The van der Waals surface area contributed by atoms with Crippen molar-refractivity contribution in [3.8, 4) is 11.5 Å². The van der Waals surface area contributed by atoms with Crippen LogP contribution in [0, 0.1) is 0 Å². The van der Waals surface area contributed by atoms with Crippen LogP contribution in [0.5, 0.6) is 11.5 Å². The highest BCUT2D eigenvalue weighted by molar-refractivity contribution is 6.42. The number of carboxylic acid groups (broad SMARTS) is 1. The molecule has 2 aromatic rings. The maximum Gasteiger partial charge on any atom is 0.490 e. The highest BCUT2D eigenvalue weighted by atomic mass is 35.5. The normalized spacial score (nSPS) is 17.0. The summed E-state index contributed by atoms with van der Waals surface area (Å²) in [5, 5.41) is 8.03. The summed E-state index contributed by atoms with van der Waals surface area (Å²) in [5.74, 6) is -1.66. The first-order chi connectivity index (χ1) is 16.5. The Kier molecular flexibility index (Phi) is 9.21. The van der Waals surface area contributed by atoms with Gasteiger partial charge in [-0.2, -0.15) is 13.2 Å². The molecule has 2 aliphatic rings. The maximum atomic E-state index is 12.8. The molecule has 4 rings (SSSR count). The van der Waals surface area contributed by atoms with Crippen molar-refractivity contribution in [1.29, 1.82) is 0 Å². The Hall–Kier alpha value is -2.56. The fraction of sp³-hybridized carbons (Fsp3) is 0.435. The molecule has 0 bridgehead atoms. The Bertz CT molecular complexity index is 1030. The molecule has 1 amide bonds. The minimum Gasteiger partial charge on any atom is -0.475 e. The first kappa shape index (κ1) is 27.0. The number of carbonyl (C=O) groups is 2. The number of ether oxygens (including phenoxy) is 1. The van der Waals surface area contributed by atoms with Crippen LogP contribution in [-0.2, 0) is 4.79 Å². The highest BCUT2D eigenvalue weighted by Gasteiger charge is 2.38. The Labute approximate surface area is 210 Å². The lowest BCUT2D eigenvalue weighted by Crippen LogP contribution is -2.42. The van der Waals surface area contributed by atoms with Crippen LogP contribution in [0.4, 0.5) is 13.2 Å². The molecular weight excluding hydrogens is 510 g/mol. The number of aromatic nitrogens is 1. The van der Waals surface area contributed by atoms with Gasteiger partial charge in [0.25, 0.3) is 5.91 Å². The van der Waals surface area contributed by atoms with Gasteiger partial charge in [-0.05, 0) is 43.5 Å². The lowest BCUT2D eigenvalue weighted by Gasteiger charge is -2.36. The van der Waals surface area contributed by atoms with E-state index in [1.165, 1.54) is 19.3 Å². The number of hydrogen-bond donors (Lipinski definition) is 1. The molecule has 0 unspecified atom stereocenters. The van der Waals surface area contributed by atoms with E-state index in [9.17, 15) is 18.0 Å². The molecule has 1 aliphatic carbocycles. The molecule has 0 spiro atoms. The van der Waals surface area contributed by atoms with Crippen molar-refractivity contribution >= 4 is 35.1 Å². The second-order valence-corrected chi connectivity index (χ2v) is 8.94. The third-order valence-corrected chi connectivity index (χ3v) is 6.47. The van der Waals surface area contributed by atoms with Crippen LogP contribution < -0.4 is 4.74 Å². The minimum atomic E-state index is -5.08. The van der Waals surface area contributed by atoms with Crippen LogP contribution in [0.25, 0.3) is 0 Å². The SMILES string of the molecule is O=C(O)C(F)(F)F.O=C(c1ccc(Oc2ccc(Cl)c(Cl)c2)cn1)N1CCCN(C2CCC2)CC1. The molecule has 1 aromatic heterocycles. The van der Waals surface area contributed by atoms with Gasteiger partial charge in [-0.15, -0.1) is 0 Å². The molecule has 1 N–H and O–H groups in total. The Morgan fingerprint density at radius 3 is 2.20 bits per heavy atom. The van der Waals surface area contributed by atoms with Gasteiger partial charge in [0.1, 0.15) is 17.2 Å². The van der Waals surface area contributed by atoms with E-state index in [-0.39, 0.29) is 5.91 Å². The molecule has 190 valence electrons. The monoisotopic (exact) mass is 533 g/mol. The third-order valence-electron chi connectivity index (χ3n) is 5.73. The van der Waals surface area contributed by atoms with Gasteiger partial charge >= 0.3 is 12.1 Å². The zero-order valence-electron chi connectivity index (χ0n) is 18.6. The van der Waals surface area contributed by atoms with Crippen LogP contribution >= 0.6 is 23.2 Å². The van der Waals surface area contributed by atoms with Gasteiger partial charge in [0.15, 0.2) is 0 Å². The average Bonchev–Trinajstić information content (AvgIpc) is 3.01. The van der Waals surface area contributed by atoms with Crippen LogP contribution in [0.3, 0.4) is 0 Å². The molecule has 0 radical (unpaired) electrons.